The maximum atomic E-state index is 6.30. The standard InChI is InChI=1S/C20H17N3OS/c1-12-9-10-13-5-4-7-15(18(13)23-12)24-19-17-14-6-2-3-8-16(14)25-20(17)22-11-21-19/h4-5,7,9-11H,2-3,6,8H2,1H3/p+1. The molecule has 4 nitrogen and oxygen atoms in total. The van der Waals surface area contributed by atoms with Gasteiger partial charge in [-0.25, -0.2) is 9.97 Å². The van der Waals surface area contributed by atoms with E-state index in [1.165, 1.54) is 23.3 Å². The van der Waals surface area contributed by atoms with E-state index in [1.807, 2.05) is 36.5 Å². The molecule has 4 aromatic rings. The molecule has 5 heteroatoms. The van der Waals surface area contributed by atoms with Crippen molar-refractivity contribution in [3.8, 4) is 11.6 Å². The van der Waals surface area contributed by atoms with E-state index in [9.17, 15) is 0 Å². The van der Waals surface area contributed by atoms with Gasteiger partial charge in [0.1, 0.15) is 10.9 Å². The first kappa shape index (κ1) is 14.8. The smallest absolute Gasteiger partial charge is 0.346 e. The maximum absolute atomic E-state index is 6.30. The summed E-state index contributed by atoms with van der Waals surface area (Å²) in [7, 11) is 0. The van der Waals surface area contributed by atoms with Crippen LogP contribution in [0.15, 0.2) is 36.7 Å². The highest BCUT2D eigenvalue weighted by atomic mass is 32.1. The third-order valence-corrected chi connectivity index (χ3v) is 6.01. The van der Waals surface area contributed by atoms with Gasteiger partial charge in [0, 0.05) is 16.0 Å². The van der Waals surface area contributed by atoms with Crippen molar-refractivity contribution < 1.29 is 9.72 Å². The predicted molar refractivity (Wildman–Crippen MR) is 99.4 cm³/mol. The van der Waals surface area contributed by atoms with Crippen molar-refractivity contribution in [2.75, 3.05) is 0 Å². The fraction of sp³-hybridized carbons (Fsp3) is 0.250. The quantitative estimate of drug-likeness (QED) is 0.530. The summed E-state index contributed by atoms with van der Waals surface area (Å²) in [6.45, 7) is 2.00. The minimum Gasteiger partial charge on any atom is -0.417 e. The third-order valence-electron chi connectivity index (χ3n) is 4.79. The summed E-state index contributed by atoms with van der Waals surface area (Å²) in [5, 5.41) is 2.22. The minimum absolute atomic E-state index is 0.684. The Bertz CT molecular complexity index is 1100. The summed E-state index contributed by atoms with van der Waals surface area (Å²) in [6, 6.07) is 10.1. The topological polar surface area (TPSA) is 49.2 Å². The number of nitrogens with zero attached hydrogens (tertiary/aromatic N) is 2. The van der Waals surface area contributed by atoms with Crippen LogP contribution in [0.3, 0.4) is 0 Å². The van der Waals surface area contributed by atoms with Crippen LogP contribution < -0.4 is 9.72 Å². The molecule has 0 bridgehead atoms. The highest BCUT2D eigenvalue weighted by Crippen LogP contribution is 2.40. The second kappa shape index (κ2) is 5.77. The first-order valence-corrected chi connectivity index (χ1v) is 9.46. The molecule has 0 unspecified atom stereocenters. The lowest BCUT2D eigenvalue weighted by Crippen LogP contribution is -2.05. The zero-order valence-corrected chi connectivity index (χ0v) is 14.8. The van der Waals surface area contributed by atoms with Crippen molar-refractivity contribution in [1.82, 2.24) is 9.97 Å². The van der Waals surface area contributed by atoms with Crippen molar-refractivity contribution in [2.24, 2.45) is 0 Å². The molecule has 25 heavy (non-hydrogen) atoms. The molecule has 5 rings (SSSR count). The number of aryl methyl sites for hydroxylation is 3. The number of thiophene rings is 1. The van der Waals surface area contributed by atoms with Gasteiger partial charge in [-0.2, -0.15) is 0 Å². The molecule has 0 atom stereocenters. The zero-order valence-electron chi connectivity index (χ0n) is 14.0. The van der Waals surface area contributed by atoms with E-state index in [-0.39, 0.29) is 0 Å². The molecule has 0 spiro atoms. The Morgan fingerprint density at radius 1 is 1.12 bits per heavy atom. The van der Waals surface area contributed by atoms with Crippen molar-refractivity contribution >= 4 is 32.5 Å². The molecule has 0 fully saturated rings. The number of hydrogen-bond donors (Lipinski definition) is 0. The van der Waals surface area contributed by atoms with Gasteiger partial charge in [0.25, 0.3) is 6.33 Å². The van der Waals surface area contributed by atoms with Crippen LogP contribution in [0, 0.1) is 6.92 Å². The molecule has 0 radical (unpaired) electrons. The summed E-state index contributed by atoms with van der Waals surface area (Å²) in [4.78, 5) is 15.1. The third kappa shape index (κ3) is 2.46. The molecule has 0 aliphatic heterocycles. The SMILES string of the molecule is Cc1ccc2cccc(Oc3nc[nH+]c4sc5c(c34)CCCC5)c2n1. The van der Waals surface area contributed by atoms with Crippen LogP contribution in [-0.2, 0) is 12.8 Å². The number of aromatic amines is 1. The highest BCUT2D eigenvalue weighted by Gasteiger charge is 2.24. The van der Waals surface area contributed by atoms with E-state index >= 15 is 0 Å². The first-order valence-electron chi connectivity index (χ1n) is 8.65. The number of ether oxygens (including phenoxy) is 1. The van der Waals surface area contributed by atoms with Crippen molar-refractivity contribution in [2.45, 2.75) is 32.6 Å². The van der Waals surface area contributed by atoms with Crippen LogP contribution in [0.2, 0.25) is 0 Å². The van der Waals surface area contributed by atoms with Gasteiger partial charge in [-0.3, -0.25) is 0 Å². The monoisotopic (exact) mass is 348 g/mol. The molecule has 0 saturated heterocycles. The van der Waals surface area contributed by atoms with Crippen molar-refractivity contribution in [3.05, 3.63) is 52.8 Å². The molecule has 3 heterocycles. The van der Waals surface area contributed by atoms with Gasteiger partial charge in [0.15, 0.2) is 10.6 Å². The molecular weight excluding hydrogens is 330 g/mol. The second-order valence-electron chi connectivity index (χ2n) is 6.51. The number of benzene rings is 1. The number of nitrogens with one attached hydrogen (secondary N) is 1. The van der Waals surface area contributed by atoms with Crippen molar-refractivity contribution in [1.29, 1.82) is 0 Å². The van der Waals surface area contributed by atoms with E-state index in [2.05, 4.69) is 27.1 Å². The number of rotatable bonds is 2. The lowest BCUT2D eigenvalue weighted by Gasteiger charge is -2.10. The van der Waals surface area contributed by atoms with Crippen molar-refractivity contribution in [3.63, 3.8) is 0 Å². The average Bonchev–Trinajstić information content (AvgIpc) is 3.02. The lowest BCUT2D eigenvalue weighted by atomic mass is 9.97. The molecule has 1 aliphatic carbocycles. The second-order valence-corrected chi connectivity index (χ2v) is 7.61. The average molecular weight is 348 g/mol. The number of fused-ring (bicyclic) bond motifs is 4. The Balaban J connectivity index is 1.68. The summed E-state index contributed by atoms with van der Waals surface area (Å²) in [5.74, 6) is 1.45. The number of para-hydroxylation sites is 1. The van der Waals surface area contributed by atoms with Crippen LogP contribution in [0.4, 0.5) is 0 Å². The number of H-pyrrole nitrogens is 1. The molecular formula is C20H18N3OS+. The summed E-state index contributed by atoms with van der Waals surface area (Å²) >= 11 is 1.84. The fourth-order valence-corrected chi connectivity index (χ4v) is 4.83. The van der Waals surface area contributed by atoms with Gasteiger partial charge in [-0.05, 0) is 55.3 Å². The molecule has 1 aromatic carbocycles. The summed E-state index contributed by atoms with van der Waals surface area (Å²) in [5.41, 5.74) is 3.28. The lowest BCUT2D eigenvalue weighted by molar-refractivity contribution is -0.346. The number of pyridine rings is 1. The van der Waals surface area contributed by atoms with Crippen LogP contribution in [0.1, 0.15) is 29.0 Å². The van der Waals surface area contributed by atoms with Gasteiger partial charge in [-0.15, -0.1) is 0 Å². The summed E-state index contributed by atoms with van der Waals surface area (Å²) < 4.78 is 6.30. The van der Waals surface area contributed by atoms with E-state index in [0.717, 1.165) is 45.4 Å². The first-order chi connectivity index (χ1) is 12.3. The molecule has 1 N–H and O–H groups in total. The van der Waals surface area contributed by atoms with E-state index in [0.29, 0.717) is 5.88 Å². The Morgan fingerprint density at radius 3 is 3.00 bits per heavy atom. The largest absolute Gasteiger partial charge is 0.417 e. The minimum atomic E-state index is 0.684. The Hall–Kier alpha value is -2.53. The Kier molecular flexibility index (Phi) is 3.41. The van der Waals surface area contributed by atoms with Gasteiger partial charge in [0.05, 0.1) is 0 Å². The van der Waals surface area contributed by atoms with Gasteiger partial charge < -0.3 is 4.74 Å². The molecule has 124 valence electrons. The van der Waals surface area contributed by atoms with Gasteiger partial charge >= 0.3 is 5.88 Å². The molecule has 0 saturated carbocycles. The highest BCUT2D eigenvalue weighted by molar-refractivity contribution is 7.18. The van der Waals surface area contributed by atoms with Gasteiger partial charge in [0.2, 0.25) is 0 Å². The fourth-order valence-electron chi connectivity index (χ4n) is 3.59. The predicted octanol–water partition coefficient (Wildman–Crippen LogP) is 4.64. The Labute approximate surface area is 149 Å². The maximum Gasteiger partial charge on any atom is 0.346 e. The van der Waals surface area contributed by atoms with Crippen LogP contribution in [0.25, 0.3) is 21.1 Å². The summed E-state index contributed by atoms with van der Waals surface area (Å²) in [6.07, 6.45) is 6.51. The van der Waals surface area contributed by atoms with Crippen LogP contribution in [-0.4, -0.2) is 9.97 Å². The molecule has 0 amide bonds. The molecule has 3 aromatic heterocycles. The van der Waals surface area contributed by atoms with Gasteiger partial charge in [-0.1, -0.05) is 29.5 Å². The van der Waals surface area contributed by atoms with E-state index in [4.69, 9.17) is 4.74 Å². The molecule has 1 aliphatic rings. The van der Waals surface area contributed by atoms with E-state index < -0.39 is 0 Å². The van der Waals surface area contributed by atoms with Crippen LogP contribution >= 0.6 is 11.3 Å². The number of hydrogen-bond acceptors (Lipinski definition) is 4. The zero-order chi connectivity index (χ0) is 16.8. The van der Waals surface area contributed by atoms with Crippen LogP contribution in [0.5, 0.6) is 11.6 Å². The normalized spacial score (nSPS) is 14.0. The Morgan fingerprint density at radius 2 is 2.04 bits per heavy atom. The van der Waals surface area contributed by atoms with E-state index in [1.54, 1.807) is 6.33 Å². The number of aromatic nitrogens is 3.